The quantitative estimate of drug-likeness (QED) is 0.353. The van der Waals surface area contributed by atoms with Crippen molar-refractivity contribution in [3.8, 4) is 0 Å². The van der Waals surface area contributed by atoms with Crippen molar-refractivity contribution in [3.63, 3.8) is 0 Å². The number of anilines is 1. The molecular weight excluding hydrogens is 242 g/mol. The van der Waals surface area contributed by atoms with Crippen molar-refractivity contribution in [2.45, 2.75) is 0 Å². The second-order valence-corrected chi connectivity index (χ2v) is 3.40. The molecule has 16 heavy (non-hydrogen) atoms. The van der Waals surface area contributed by atoms with Gasteiger partial charge in [-0.3, -0.25) is 14.1 Å². The predicted molar refractivity (Wildman–Crippen MR) is 53.1 cm³/mol. The first-order valence-corrected chi connectivity index (χ1v) is 5.06. The van der Waals surface area contributed by atoms with E-state index in [9.17, 15) is 4.79 Å². The van der Waals surface area contributed by atoms with Crippen LogP contribution < -0.4 is 11.4 Å². The monoisotopic (exact) mass is 249 g/mol. The summed E-state index contributed by atoms with van der Waals surface area (Å²) in [7, 11) is -4.67. The smallest absolute Gasteiger partial charge is 0.382 e. The standard InChI is InChI=1S/C5H5N5O.H2O4S/c6-3-2-4(8-1-7-2)10-5(11)9-3;1-5(2,3)4/h1H,(H4,6,7,8,9,10,11);(H2,1,2,3,4). The molecule has 0 amide bonds. The van der Waals surface area contributed by atoms with E-state index in [2.05, 4.69) is 19.9 Å². The number of aromatic nitrogens is 4. The molecule has 0 spiro atoms. The molecule has 11 heteroatoms. The van der Waals surface area contributed by atoms with Gasteiger partial charge in [0.25, 0.3) is 0 Å². The van der Waals surface area contributed by atoms with Crippen LogP contribution in [0.2, 0.25) is 0 Å². The number of nitrogens with one attached hydrogen (secondary N) is 2. The van der Waals surface area contributed by atoms with Crippen LogP contribution in [-0.4, -0.2) is 37.5 Å². The number of hydrogen-bond acceptors (Lipinski definition) is 6. The van der Waals surface area contributed by atoms with E-state index >= 15 is 0 Å². The molecule has 0 saturated carbocycles. The molecule has 0 atom stereocenters. The zero-order valence-corrected chi connectivity index (χ0v) is 8.39. The first kappa shape index (κ1) is 12.1. The van der Waals surface area contributed by atoms with E-state index < -0.39 is 16.1 Å². The summed E-state index contributed by atoms with van der Waals surface area (Å²) in [5, 5.41) is 0. The Morgan fingerprint density at radius 1 is 1.38 bits per heavy atom. The Bertz CT molecular complexity index is 635. The highest BCUT2D eigenvalue weighted by Gasteiger charge is 2.01. The highest BCUT2D eigenvalue weighted by molar-refractivity contribution is 7.79. The Balaban J connectivity index is 0.000000221. The zero-order chi connectivity index (χ0) is 12.3. The van der Waals surface area contributed by atoms with E-state index in [1.54, 1.807) is 0 Å². The van der Waals surface area contributed by atoms with Gasteiger partial charge in [0.2, 0.25) is 0 Å². The predicted octanol–water partition coefficient (Wildman–Crippen LogP) is -1.42. The highest BCUT2D eigenvalue weighted by Crippen LogP contribution is 2.07. The zero-order valence-electron chi connectivity index (χ0n) is 7.58. The molecule has 0 aromatic carbocycles. The molecule has 10 nitrogen and oxygen atoms in total. The average molecular weight is 249 g/mol. The number of aromatic amines is 2. The third-order valence-electron chi connectivity index (χ3n) is 1.34. The lowest BCUT2D eigenvalue weighted by Crippen LogP contribution is -2.12. The fourth-order valence-electron chi connectivity index (χ4n) is 0.879. The summed E-state index contributed by atoms with van der Waals surface area (Å²) in [4.78, 5) is 23.1. The van der Waals surface area contributed by atoms with E-state index in [1.807, 2.05) is 0 Å². The second-order valence-electron chi connectivity index (χ2n) is 2.50. The maximum atomic E-state index is 10.7. The third-order valence-corrected chi connectivity index (χ3v) is 1.34. The lowest BCUT2D eigenvalue weighted by Gasteiger charge is -1.90. The Kier molecular flexibility index (Phi) is 3.22. The number of nitrogen functional groups attached to an aromatic ring is 1. The Morgan fingerprint density at radius 2 is 1.94 bits per heavy atom. The van der Waals surface area contributed by atoms with Gasteiger partial charge in [-0.25, -0.2) is 9.78 Å². The Hall–Kier alpha value is -1.98. The Morgan fingerprint density at radius 3 is 2.50 bits per heavy atom. The fourth-order valence-corrected chi connectivity index (χ4v) is 0.879. The van der Waals surface area contributed by atoms with Crippen molar-refractivity contribution in [3.05, 3.63) is 16.8 Å². The van der Waals surface area contributed by atoms with E-state index in [-0.39, 0.29) is 5.82 Å². The molecule has 2 heterocycles. The molecule has 0 fully saturated rings. The first-order valence-electron chi connectivity index (χ1n) is 3.66. The van der Waals surface area contributed by atoms with Gasteiger partial charge in [0, 0.05) is 0 Å². The summed E-state index contributed by atoms with van der Waals surface area (Å²) >= 11 is 0. The SMILES string of the molecule is Nc1nc(=O)[nH]c2nc[nH]c12.O=S(=O)(O)O. The van der Waals surface area contributed by atoms with Gasteiger partial charge in [0.15, 0.2) is 11.5 Å². The van der Waals surface area contributed by atoms with Crippen molar-refractivity contribution in [1.29, 1.82) is 0 Å². The number of nitrogens with zero attached hydrogens (tertiary/aromatic N) is 2. The molecule has 0 saturated heterocycles. The summed E-state index contributed by atoms with van der Waals surface area (Å²) in [5.74, 6) is 0.168. The first-order chi connectivity index (χ1) is 7.27. The molecule has 6 N–H and O–H groups in total. The fraction of sp³-hybridized carbons (Fsp3) is 0. The molecule has 0 bridgehead atoms. The number of rotatable bonds is 0. The van der Waals surface area contributed by atoms with Gasteiger partial charge in [0.05, 0.1) is 6.33 Å². The van der Waals surface area contributed by atoms with Crippen LogP contribution in [0.4, 0.5) is 5.82 Å². The van der Waals surface area contributed by atoms with Crippen LogP contribution in [0.25, 0.3) is 11.2 Å². The normalized spacial score (nSPS) is 10.9. The van der Waals surface area contributed by atoms with Crippen molar-refractivity contribution >= 4 is 27.4 Å². The van der Waals surface area contributed by atoms with E-state index in [0.29, 0.717) is 11.2 Å². The maximum Gasteiger partial charge on any atom is 0.394 e. The molecule has 2 rings (SSSR count). The molecule has 2 aromatic heterocycles. The third kappa shape index (κ3) is 3.64. The molecule has 88 valence electrons. The lowest BCUT2D eigenvalue weighted by atomic mass is 10.5. The van der Waals surface area contributed by atoms with Gasteiger partial charge in [-0.15, -0.1) is 0 Å². The van der Waals surface area contributed by atoms with Gasteiger partial charge in [-0.05, 0) is 0 Å². The average Bonchev–Trinajstić information content (AvgIpc) is 2.47. The molecule has 0 aliphatic carbocycles. The van der Waals surface area contributed by atoms with E-state index in [1.165, 1.54) is 6.33 Å². The van der Waals surface area contributed by atoms with Gasteiger partial charge >= 0.3 is 16.1 Å². The van der Waals surface area contributed by atoms with Crippen LogP contribution in [0.3, 0.4) is 0 Å². The van der Waals surface area contributed by atoms with Crippen molar-refractivity contribution < 1.29 is 17.5 Å². The minimum atomic E-state index is -4.67. The van der Waals surface area contributed by atoms with Crippen molar-refractivity contribution in [2.24, 2.45) is 0 Å². The second kappa shape index (κ2) is 4.26. The van der Waals surface area contributed by atoms with Gasteiger partial charge in [-0.2, -0.15) is 13.4 Å². The van der Waals surface area contributed by atoms with Crippen LogP contribution in [0.15, 0.2) is 11.1 Å². The topological polar surface area (TPSA) is 175 Å². The number of imidazole rings is 1. The highest BCUT2D eigenvalue weighted by atomic mass is 32.3. The molecule has 0 unspecified atom stereocenters. The number of hydrogen-bond donors (Lipinski definition) is 5. The molecule has 0 radical (unpaired) electrons. The summed E-state index contributed by atoms with van der Waals surface area (Å²) < 4.78 is 31.6. The number of H-pyrrole nitrogens is 2. The minimum Gasteiger partial charge on any atom is -0.382 e. The van der Waals surface area contributed by atoms with Crippen molar-refractivity contribution in [1.82, 2.24) is 19.9 Å². The van der Waals surface area contributed by atoms with Crippen LogP contribution in [0.5, 0.6) is 0 Å². The summed E-state index contributed by atoms with van der Waals surface area (Å²) in [6.45, 7) is 0. The van der Waals surface area contributed by atoms with E-state index in [0.717, 1.165) is 0 Å². The van der Waals surface area contributed by atoms with Crippen molar-refractivity contribution in [2.75, 3.05) is 5.73 Å². The van der Waals surface area contributed by atoms with Crippen LogP contribution in [0, 0.1) is 0 Å². The lowest BCUT2D eigenvalue weighted by molar-refractivity contribution is 0.381. The maximum absolute atomic E-state index is 10.7. The summed E-state index contributed by atoms with van der Waals surface area (Å²) in [5.41, 5.74) is 5.91. The number of nitrogens with two attached hydrogens (primary N) is 1. The van der Waals surface area contributed by atoms with Crippen LogP contribution in [0.1, 0.15) is 0 Å². The summed E-state index contributed by atoms with van der Waals surface area (Å²) in [6, 6.07) is 0. The molecular formula is C5H7N5O5S. The summed E-state index contributed by atoms with van der Waals surface area (Å²) in [6.07, 6.45) is 1.44. The van der Waals surface area contributed by atoms with Gasteiger partial charge in [-0.1, -0.05) is 0 Å². The number of fused-ring (bicyclic) bond motifs is 1. The minimum absolute atomic E-state index is 0.168. The molecule has 0 aliphatic rings. The van der Waals surface area contributed by atoms with E-state index in [4.69, 9.17) is 23.3 Å². The molecule has 0 aliphatic heterocycles. The Labute approximate surface area is 88.1 Å². The molecule has 2 aromatic rings. The van der Waals surface area contributed by atoms with Gasteiger partial charge < -0.3 is 10.7 Å². The van der Waals surface area contributed by atoms with Crippen LogP contribution >= 0.6 is 0 Å². The van der Waals surface area contributed by atoms with Crippen LogP contribution in [-0.2, 0) is 10.4 Å². The van der Waals surface area contributed by atoms with Gasteiger partial charge in [0.1, 0.15) is 5.52 Å². The largest absolute Gasteiger partial charge is 0.394 e.